The van der Waals surface area contributed by atoms with Crippen molar-refractivity contribution in [3.05, 3.63) is 119 Å². The van der Waals surface area contributed by atoms with Gasteiger partial charge in [-0.3, -0.25) is 0 Å². The van der Waals surface area contributed by atoms with Gasteiger partial charge in [-0.1, -0.05) is 42.5 Å². The predicted molar refractivity (Wildman–Crippen MR) is 168 cm³/mol. The number of anilines is 4. The highest BCUT2D eigenvalue weighted by atomic mass is 32.1. The highest BCUT2D eigenvalue weighted by Gasteiger charge is 2.30. The molecule has 0 aliphatic carbocycles. The summed E-state index contributed by atoms with van der Waals surface area (Å²) in [4.78, 5) is 9.27. The lowest BCUT2D eigenvalue weighted by Gasteiger charge is -2.08. The molecule has 6 nitrogen and oxygen atoms in total. The Balaban J connectivity index is 1.14. The quantitative estimate of drug-likeness (QED) is 0.168. The number of aryl methyl sites for hydroxylation is 1. The Morgan fingerprint density at radius 3 is 1.67 bits per heavy atom. The Labute approximate surface area is 253 Å². The van der Waals surface area contributed by atoms with Crippen LogP contribution in [0, 0.1) is 6.92 Å². The number of halogens is 3. The maximum Gasteiger partial charge on any atom is 0.416 e. The molecule has 0 spiro atoms. The van der Waals surface area contributed by atoms with E-state index in [2.05, 4.69) is 44.9 Å². The Morgan fingerprint density at radius 1 is 0.628 bits per heavy atom. The number of thiazole rings is 2. The summed E-state index contributed by atoms with van der Waals surface area (Å²) >= 11 is 2.84. The molecule has 2 aromatic heterocycles. The van der Waals surface area contributed by atoms with E-state index < -0.39 is 11.7 Å². The molecule has 0 aliphatic heterocycles. The third kappa shape index (κ3) is 7.14. The minimum absolute atomic E-state index is 0.317. The molecule has 2 heterocycles. The fraction of sp³-hybridized carbons (Fsp3) is 0.0625. The van der Waals surface area contributed by atoms with E-state index in [4.69, 9.17) is 4.98 Å². The van der Waals surface area contributed by atoms with Gasteiger partial charge in [-0.25, -0.2) is 9.97 Å². The summed E-state index contributed by atoms with van der Waals surface area (Å²) in [6.45, 7) is 2.05. The van der Waals surface area contributed by atoms with Crippen LogP contribution in [-0.4, -0.2) is 9.97 Å². The number of nitrogens with zero attached hydrogens (tertiary/aromatic N) is 4. The summed E-state index contributed by atoms with van der Waals surface area (Å²) in [5.74, 6) is 0. The van der Waals surface area contributed by atoms with Crippen LogP contribution in [0.3, 0.4) is 0 Å². The van der Waals surface area contributed by atoms with Crippen molar-refractivity contribution in [3.63, 3.8) is 0 Å². The van der Waals surface area contributed by atoms with Gasteiger partial charge < -0.3 is 10.6 Å². The van der Waals surface area contributed by atoms with Crippen LogP contribution in [0.1, 0.15) is 11.1 Å². The Bertz CT molecular complexity index is 1910. The maximum atomic E-state index is 13.1. The highest BCUT2D eigenvalue weighted by Crippen LogP contribution is 2.34. The van der Waals surface area contributed by atoms with Crippen molar-refractivity contribution in [1.29, 1.82) is 0 Å². The fourth-order valence-corrected chi connectivity index (χ4v) is 5.72. The molecule has 0 fully saturated rings. The normalized spacial score (nSPS) is 11.6. The third-order valence-electron chi connectivity index (χ3n) is 6.28. The van der Waals surface area contributed by atoms with Gasteiger partial charge in [-0.2, -0.15) is 23.4 Å². The molecule has 0 atom stereocenters. The number of rotatable bonds is 8. The van der Waals surface area contributed by atoms with E-state index in [9.17, 15) is 13.2 Å². The lowest BCUT2D eigenvalue weighted by Crippen LogP contribution is -2.05. The molecule has 0 bridgehead atoms. The lowest BCUT2D eigenvalue weighted by atomic mass is 10.1. The molecule has 0 radical (unpaired) electrons. The smallest absolute Gasteiger partial charge is 0.332 e. The monoisotopic (exact) mass is 612 g/mol. The van der Waals surface area contributed by atoms with Crippen LogP contribution in [0.15, 0.2) is 118 Å². The molecule has 0 saturated heterocycles. The molecule has 11 heteroatoms. The van der Waals surface area contributed by atoms with Crippen molar-refractivity contribution in [2.24, 2.45) is 10.2 Å². The zero-order valence-electron chi connectivity index (χ0n) is 22.6. The van der Waals surface area contributed by atoms with Gasteiger partial charge in [-0.15, -0.1) is 22.7 Å². The number of azo groups is 1. The molecule has 6 aromatic rings. The summed E-state index contributed by atoms with van der Waals surface area (Å²) in [5, 5.41) is 20.3. The van der Waals surface area contributed by atoms with Crippen molar-refractivity contribution in [1.82, 2.24) is 9.97 Å². The average molecular weight is 613 g/mol. The second kappa shape index (κ2) is 12.2. The number of benzene rings is 4. The first-order valence-electron chi connectivity index (χ1n) is 13.1. The predicted octanol–water partition coefficient (Wildman–Crippen LogP) is 11.2. The largest absolute Gasteiger partial charge is 0.416 e. The van der Waals surface area contributed by atoms with Gasteiger partial charge in [0.1, 0.15) is 0 Å². The second-order valence-electron chi connectivity index (χ2n) is 9.57. The first-order valence-corrected chi connectivity index (χ1v) is 14.9. The van der Waals surface area contributed by atoms with Gasteiger partial charge in [0.2, 0.25) is 0 Å². The molecular weight excluding hydrogens is 590 g/mol. The number of hydrogen-bond acceptors (Lipinski definition) is 8. The van der Waals surface area contributed by atoms with Gasteiger partial charge in [0.15, 0.2) is 10.3 Å². The van der Waals surface area contributed by atoms with Crippen LogP contribution in [-0.2, 0) is 6.18 Å². The number of hydrogen-bond donors (Lipinski definition) is 2. The van der Waals surface area contributed by atoms with Gasteiger partial charge in [-0.05, 0) is 67.1 Å². The standard InChI is InChI=1S/C32H23F3N6S2/c1-20-6-2-10-24(14-20)36-30-38-28(18-42-30)21-7-3-12-26(15-21)40-41-27-13-4-8-22(16-27)29-19-43-31(39-29)37-25-11-5-9-23(17-25)32(33,34)35/h2-19H,1H3,(H,36,38)(H,37,39)/b41-40+. The van der Waals surface area contributed by atoms with Crippen LogP contribution in [0.25, 0.3) is 22.5 Å². The molecule has 2 N–H and O–H groups in total. The summed E-state index contributed by atoms with van der Waals surface area (Å²) in [5.41, 5.74) is 6.36. The van der Waals surface area contributed by atoms with E-state index in [-0.39, 0.29) is 0 Å². The SMILES string of the molecule is Cc1cccc(Nc2nc(-c3cccc(/N=N/c4cccc(-c5csc(Nc6cccc(C(F)(F)F)c6)n5)c4)c3)cs2)c1. The van der Waals surface area contributed by atoms with Crippen LogP contribution >= 0.6 is 22.7 Å². The van der Waals surface area contributed by atoms with E-state index >= 15 is 0 Å². The van der Waals surface area contributed by atoms with E-state index in [0.717, 1.165) is 39.8 Å². The Hall–Kier alpha value is -4.87. The van der Waals surface area contributed by atoms with E-state index in [0.29, 0.717) is 27.9 Å². The van der Waals surface area contributed by atoms with Crippen molar-refractivity contribution in [3.8, 4) is 22.5 Å². The van der Waals surface area contributed by atoms with Crippen LogP contribution in [0.5, 0.6) is 0 Å². The van der Waals surface area contributed by atoms with Gasteiger partial charge in [0, 0.05) is 33.3 Å². The van der Waals surface area contributed by atoms with Crippen molar-refractivity contribution >= 4 is 55.7 Å². The first-order chi connectivity index (χ1) is 20.8. The Morgan fingerprint density at radius 2 is 1.14 bits per heavy atom. The minimum atomic E-state index is -4.41. The van der Waals surface area contributed by atoms with E-state index in [1.165, 1.54) is 34.3 Å². The van der Waals surface area contributed by atoms with Crippen molar-refractivity contribution < 1.29 is 13.2 Å². The Kier molecular flexibility index (Phi) is 7.99. The zero-order chi connectivity index (χ0) is 29.8. The van der Waals surface area contributed by atoms with Crippen LogP contribution < -0.4 is 10.6 Å². The van der Waals surface area contributed by atoms with Gasteiger partial charge in [0.25, 0.3) is 0 Å². The minimum Gasteiger partial charge on any atom is -0.332 e. The number of alkyl halides is 3. The molecule has 6 rings (SSSR count). The molecule has 4 aromatic carbocycles. The van der Waals surface area contributed by atoms with Crippen LogP contribution in [0.4, 0.5) is 46.2 Å². The summed E-state index contributed by atoms with van der Waals surface area (Å²) < 4.78 is 39.2. The molecule has 43 heavy (non-hydrogen) atoms. The molecule has 214 valence electrons. The number of aromatic nitrogens is 2. The first kappa shape index (κ1) is 28.3. The summed E-state index contributed by atoms with van der Waals surface area (Å²) in [6.07, 6.45) is -4.41. The molecule has 0 aliphatic rings. The maximum absolute atomic E-state index is 13.1. The van der Waals surface area contributed by atoms with Crippen LogP contribution in [0.2, 0.25) is 0 Å². The average Bonchev–Trinajstić information content (AvgIpc) is 3.66. The van der Waals surface area contributed by atoms with Crippen molar-refractivity contribution in [2.45, 2.75) is 13.1 Å². The van der Waals surface area contributed by atoms with E-state index in [1.54, 1.807) is 6.07 Å². The fourth-order valence-electron chi connectivity index (χ4n) is 4.24. The van der Waals surface area contributed by atoms with Crippen molar-refractivity contribution in [2.75, 3.05) is 10.6 Å². The highest BCUT2D eigenvalue weighted by molar-refractivity contribution is 7.14. The molecule has 0 saturated carbocycles. The summed E-state index contributed by atoms with van der Waals surface area (Å²) in [7, 11) is 0. The number of nitrogens with one attached hydrogen (secondary N) is 2. The third-order valence-corrected chi connectivity index (χ3v) is 7.80. The summed E-state index contributed by atoms with van der Waals surface area (Å²) in [6, 6.07) is 28.3. The second-order valence-corrected chi connectivity index (χ2v) is 11.3. The van der Waals surface area contributed by atoms with Gasteiger partial charge >= 0.3 is 6.18 Å². The lowest BCUT2D eigenvalue weighted by molar-refractivity contribution is -0.137. The zero-order valence-corrected chi connectivity index (χ0v) is 24.3. The molecular formula is C32H23F3N6S2. The molecule has 0 amide bonds. The van der Waals surface area contributed by atoms with E-state index in [1.807, 2.05) is 71.4 Å². The molecule has 0 unspecified atom stereocenters. The van der Waals surface area contributed by atoms with Gasteiger partial charge in [0.05, 0.1) is 28.3 Å². The topological polar surface area (TPSA) is 74.6 Å².